The standard InChI is InChI=1S/C20H19N3O5S2/c1-3-26-14-8-12-13(9-15(14)27-4-2)23-17(22-18(12)24)16(30-20(23)29)19(25)21-10-11-6-5-7-28-11/h5-9H,3-4,10H2,1-2H3,(H,21,25)(H,22,24). The van der Waals surface area contributed by atoms with Crippen molar-refractivity contribution in [1.82, 2.24) is 14.7 Å². The molecule has 4 rings (SSSR count). The molecular weight excluding hydrogens is 426 g/mol. The molecule has 1 amide bonds. The quantitative estimate of drug-likeness (QED) is 0.419. The molecule has 8 nitrogen and oxygen atoms in total. The number of carbonyl (C=O) groups is 1. The van der Waals surface area contributed by atoms with Crippen LogP contribution in [-0.4, -0.2) is 28.5 Å². The minimum absolute atomic E-state index is 0.229. The van der Waals surface area contributed by atoms with E-state index < -0.39 is 0 Å². The van der Waals surface area contributed by atoms with Gasteiger partial charge in [-0.15, -0.1) is 0 Å². The zero-order chi connectivity index (χ0) is 21.3. The van der Waals surface area contributed by atoms with Crippen LogP contribution in [0.1, 0.15) is 29.3 Å². The molecule has 0 saturated heterocycles. The highest BCUT2D eigenvalue weighted by molar-refractivity contribution is 7.73. The summed E-state index contributed by atoms with van der Waals surface area (Å²) in [6.45, 7) is 4.82. The minimum atomic E-state index is -0.351. The van der Waals surface area contributed by atoms with Gasteiger partial charge in [-0.2, -0.15) is 0 Å². The number of nitrogens with one attached hydrogen (secondary N) is 2. The molecule has 0 saturated carbocycles. The molecule has 0 aliphatic carbocycles. The van der Waals surface area contributed by atoms with Crippen molar-refractivity contribution in [2.75, 3.05) is 13.2 Å². The highest BCUT2D eigenvalue weighted by atomic mass is 32.1. The van der Waals surface area contributed by atoms with Crippen molar-refractivity contribution >= 4 is 46.0 Å². The van der Waals surface area contributed by atoms with Gasteiger partial charge in [0.25, 0.3) is 11.5 Å². The Labute approximate surface area is 180 Å². The number of ether oxygens (including phenoxy) is 2. The Morgan fingerprint density at radius 3 is 2.67 bits per heavy atom. The molecule has 3 aromatic heterocycles. The average molecular weight is 446 g/mol. The van der Waals surface area contributed by atoms with E-state index in [2.05, 4.69) is 10.3 Å². The molecule has 0 unspecified atom stereocenters. The van der Waals surface area contributed by atoms with Crippen molar-refractivity contribution in [2.24, 2.45) is 0 Å². The predicted molar refractivity (Wildman–Crippen MR) is 116 cm³/mol. The van der Waals surface area contributed by atoms with Crippen molar-refractivity contribution in [2.45, 2.75) is 20.4 Å². The topological polar surface area (TPSA) is 98.0 Å². The third-order valence-corrected chi connectivity index (χ3v) is 5.77. The van der Waals surface area contributed by atoms with Crippen LogP contribution in [0.25, 0.3) is 16.6 Å². The summed E-state index contributed by atoms with van der Waals surface area (Å²) < 4.78 is 18.7. The van der Waals surface area contributed by atoms with E-state index in [-0.39, 0.29) is 18.0 Å². The first-order valence-corrected chi connectivity index (χ1v) is 10.6. The molecule has 4 aromatic rings. The minimum Gasteiger partial charge on any atom is -0.490 e. The summed E-state index contributed by atoms with van der Waals surface area (Å²) in [6.07, 6.45) is 1.54. The number of nitrogens with zero attached hydrogens (tertiary/aromatic N) is 1. The number of fused-ring (bicyclic) bond motifs is 3. The molecule has 1 aromatic carbocycles. The fraction of sp³-hybridized carbons (Fsp3) is 0.250. The summed E-state index contributed by atoms with van der Waals surface area (Å²) in [7, 11) is 0. The Morgan fingerprint density at radius 2 is 2.00 bits per heavy atom. The van der Waals surface area contributed by atoms with Gasteiger partial charge in [0.05, 0.1) is 36.9 Å². The van der Waals surface area contributed by atoms with Crippen LogP contribution in [0.4, 0.5) is 0 Å². The van der Waals surface area contributed by atoms with Crippen LogP contribution in [0.3, 0.4) is 0 Å². The van der Waals surface area contributed by atoms with E-state index in [0.717, 1.165) is 11.3 Å². The van der Waals surface area contributed by atoms with E-state index in [0.29, 0.717) is 55.9 Å². The summed E-state index contributed by atoms with van der Waals surface area (Å²) in [5.41, 5.74) is 0.542. The normalized spacial score (nSPS) is 11.1. The number of carbonyl (C=O) groups excluding carboxylic acids is 1. The monoisotopic (exact) mass is 445 g/mol. The maximum absolute atomic E-state index is 12.8. The van der Waals surface area contributed by atoms with Crippen LogP contribution in [-0.2, 0) is 6.54 Å². The van der Waals surface area contributed by atoms with Crippen molar-refractivity contribution in [3.05, 3.63) is 55.5 Å². The van der Waals surface area contributed by atoms with Gasteiger partial charge in [0, 0.05) is 6.07 Å². The van der Waals surface area contributed by atoms with Crippen LogP contribution in [0.5, 0.6) is 11.5 Å². The average Bonchev–Trinajstić information content (AvgIpc) is 3.35. The van der Waals surface area contributed by atoms with E-state index >= 15 is 0 Å². The van der Waals surface area contributed by atoms with Gasteiger partial charge in [-0.1, -0.05) is 11.3 Å². The first-order valence-electron chi connectivity index (χ1n) is 9.35. The molecule has 0 radical (unpaired) electrons. The molecule has 0 spiro atoms. The number of amides is 1. The van der Waals surface area contributed by atoms with Crippen molar-refractivity contribution in [3.8, 4) is 11.5 Å². The second-order valence-corrected chi connectivity index (χ2v) is 7.92. The Hall–Kier alpha value is -3.11. The number of hydrogen-bond donors (Lipinski definition) is 2. The number of hydrogen-bond acceptors (Lipinski definition) is 7. The third kappa shape index (κ3) is 3.59. The molecule has 0 atom stereocenters. The van der Waals surface area contributed by atoms with E-state index in [1.165, 1.54) is 6.26 Å². The molecule has 156 valence electrons. The second kappa shape index (κ2) is 8.33. The zero-order valence-corrected chi connectivity index (χ0v) is 17.9. The Balaban J connectivity index is 1.85. The van der Waals surface area contributed by atoms with E-state index in [1.54, 1.807) is 28.7 Å². The molecule has 2 N–H and O–H groups in total. The van der Waals surface area contributed by atoms with Gasteiger partial charge in [0.15, 0.2) is 15.5 Å². The largest absolute Gasteiger partial charge is 0.490 e. The summed E-state index contributed by atoms with van der Waals surface area (Å²) in [5, 5.41) is 3.18. The summed E-state index contributed by atoms with van der Waals surface area (Å²) >= 11 is 6.63. The van der Waals surface area contributed by atoms with Crippen LogP contribution in [0.15, 0.2) is 39.7 Å². The highest BCUT2D eigenvalue weighted by Gasteiger charge is 2.20. The molecule has 0 fully saturated rings. The van der Waals surface area contributed by atoms with Gasteiger partial charge >= 0.3 is 0 Å². The summed E-state index contributed by atoms with van der Waals surface area (Å²) in [4.78, 5) is 28.7. The predicted octanol–water partition coefficient (Wildman–Crippen LogP) is 3.89. The lowest BCUT2D eigenvalue weighted by atomic mass is 10.2. The van der Waals surface area contributed by atoms with Crippen LogP contribution in [0.2, 0.25) is 0 Å². The van der Waals surface area contributed by atoms with E-state index in [4.69, 9.17) is 26.1 Å². The van der Waals surface area contributed by atoms with Crippen LogP contribution < -0.4 is 20.3 Å². The first kappa shape index (κ1) is 20.2. The Kier molecular flexibility index (Phi) is 5.60. The van der Waals surface area contributed by atoms with Crippen molar-refractivity contribution < 1.29 is 18.7 Å². The maximum Gasteiger partial charge on any atom is 0.265 e. The number of furan rings is 1. The lowest BCUT2D eigenvalue weighted by molar-refractivity contribution is 0.0953. The lowest BCUT2D eigenvalue weighted by Crippen LogP contribution is -2.22. The van der Waals surface area contributed by atoms with Crippen LogP contribution >= 0.6 is 23.6 Å². The first-order chi connectivity index (χ1) is 14.5. The molecule has 0 bridgehead atoms. The van der Waals surface area contributed by atoms with Gasteiger partial charge < -0.3 is 24.2 Å². The summed E-state index contributed by atoms with van der Waals surface area (Å²) in [6, 6.07) is 6.87. The van der Waals surface area contributed by atoms with E-state index in [9.17, 15) is 9.59 Å². The van der Waals surface area contributed by atoms with Crippen molar-refractivity contribution in [3.63, 3.8) is 0 Å². The number of thiazole rings is 1. The van der Waals surface area contributed by atoms with Gasteiger partial charge in [-0.3, -0.25) is 14.0 Å². The smallest absolute Gasteiger partial charge is 0.265 e. The lowest BCUT2D eigenvalue weighted by Gasteiger charge is -2.13. The Morgan fingerprint density at radius 1 is 1.27 bits per heavy atom. The number of H-pyrrole nitrogens is 1. The van der Waals surface area contributed by atoms with Gasteiger partial charge in [0.2, 0.25) is 0 Å². The van der Waals surface area contributed by atoms with Gasteiger partial charge in [0.1, 0.15) is 16.3 Å². The van der Waals surface area contributed by atoms with Gasteiger partial charge in [-0.05, 0) is 44.3 Å². The molecular formula is C20H19N3O5S2. The number of aromatic amines is 1. The molecule has 0 aliphatic rings. The van der Waals surface area contributed by atoms with Crippen LogP contribution in [0, 0.1) is 3.95 Å². The van der Waals surface area contributed by atoms with Gasteiger partial charge in [-0.25, -0.2) is 0 Å². The van der Waals surface area contributed by atoms with E-state index in [1.807, 2.05) is 13.8 Å². The molecule has 3 heterocycles. The maximum atomic E-state index is 12.8. The Bertz CT molecular complexity index is 1330. The molecule has 10 heteroatoms. The third-order valence-electron chi connectivity index (χ3n) is 4.40. The number of aromatic nitrogens is 2. The SMILES string of the molecule is CCOc1cc2c(=O)[nH]c3c(C(=O)NCc4ccco4)sc(=S)n3c2cc1OCC. The summed E-state index contributed by atoms with van der Waals surface area (Å²) in [5.74, 6) is 1.26. The van der Waals surface area contributed by atoms with Crippen molar-refractivity contribution in [1.29, 1.82) is 0 Å². The number of rotatable bonds is 7. The highest BCUT2D eigenvalue weighted by Crippen LogP contribution is 2.33. The molecule has 0 aliphatic heterocycles. The fourth-order valence-electron chi connectivity index (χ4n) is 3.15. The molecule has 30 heavy (non-hydrogen) atoms. The zero-order valence-electron chi connectivity index (χ0n) is 16.3. The second-order valence-electron chi connectivity index (χ2n) is 6.28. The number of benzene rings is 1. The fourth-order valence-corrected chi connectivity index (χ4v) is 4.45.